The summed E-state index contributed by atoms with van der Waals surface area (Å²) in [6.45, 7) is 1.97. The minimum absolute atomic E-state index is 0.0267. The van der Waals surface area contributed by atoms with Crippen LogP contribution in [0.2, 0.25) is 0 Å². The lowest BCUT2D eigenvalue weighted by molar-refractivity contribution is -0.116. The summed E-state index contributed by atoms with van der Waals surface area (Å²) in [5.41, 5.74) is 3.16. The number of pyridine rings is 1. The van der Waals surface area contributed by atoms with Gasteiger partial charge in [0.2, 0.25) is 5.91 Å². The molecule has 0 saturated heterocycles. The zero-order valence-corrected chi connectivity index (χ0v) is 13.5. The first kappa shape index (κ1) is 15.9. The van der Waals surface area contributed by atoms with Crippen LogP contribution in [0.4, 0.5) is 5.69 Å². The fourth-order valence-corrected chi connectivity index (χ4v) is 2.53. The molecule has 0 radical (unpaired) electrons. The van der Waals surface area contributed by atoms with Crippen molar-refractivity contribution in [3.05, 3.63) is 71.9 Å². The van der Waals surface area contributed by atoms with Crippen molar-refractivity contribution in [3.63, 3.8) is 0 Å². The summed E-state index contributed by atoms with van der Waals surface area (Å²) in [7, 11) is 0. The molecule has 0 aliphatic carbocycles. The molecule has 1 amide bonds. The molecule has 0 aliphatic heterocycles. The number of Topliss-reactive ketones (excluding diaryl/α,β-unsaturated/α-hetero) is 1. The van der Waals surface area contributed by atoms with Crippen LogP contribution in [0, 0.1) is 6.92 Å². The molecule has 0 fully saturated rings. The SMILES string of the molecule is Cc1ccc(C(=O)CCC(=O)Nc2cccc3cccnc23)cc1. The average Bonchev–Trinajstić information content (AvgIpc) is 2.61. The topological polar surface area (TPSA) is 59.1 Å². The van der Waals surface area contributed by atoms with Crippen LogP contribution in [0.3, 0.4) is 0 Å². The smallest absolute Gasteiger partial charge is 0.224 e. The van der Waals surface area contributed by atoms with Gasteiger partial charge in [-0.25, -0.2) is 0 Å². The highest BCUT2D eigenvalue weighted by atomic mass is 16.2. The lowest BCUT2D eigenvalue weighted by Gasteiger charge is -2.08. The van der Waals surface area contributed by atoms with Gasteiger partial charge < -0.3 is 5.32 Å². The van der Waals surface area contributed by atoms with Crippen LogP contribution in [-0.4, -0.2) is 16.7 Å². The number of amides is 1. The highest BCUT2D eigenvalue weighted by Crippen LogP contribution is 2.21. The second-order valence-corrected chi connectivity index (χ2v) is 5.72. The minimum Gasteiger partial charge on any atom is -0.324 e. The molecule has 4 nitrogen and oxygen atoms in total. The van der Waals surface area contributed by atoms with Crippen molar-refractivity contribution in [2.45, 2.75) is 19.8 Å². The van der Waals surface area contributed by atoms with E-state index in [1.807, 2.05) is 49.4 Å². The number of rotatable bonds is 5. The fourth-order valence-electron chi connectivity index (χ4n) is 2.53. The number of fused-ring (bicyclic) bond motifs is 1. The van der Waals surface area contributed by atoms with Gasteiger partial charge >= 0.3 is 0 Å². The average molecular weight is 318 g/mol. The van der Waals surface area contributed by atoms with E-state index in [4.69, 9.17) is 0 Å². The Morgan fingerprint density at radius 2 is 1.71 bits per heavy atom. The summed E-state index contributed by atoms with van der Waals surface area (Å²) >= 11 is 0. The van der Waals surface area contributed by atoms with Gasteiger partial charge in [-0.3, -0.25) is 14.6 Å². The largest absolute Gasteiger partial charge is 0.324 e. The Balaban J connectivity index is 1.63. The zero-order valence-electron chi connectivity index (χ0n) is 13.5. The highest BCUT2D eigenvalue weighted by molar-refractivity contribution is 6.03. The number of benzene rings is 2. The third-order valence-corrected chi connectivity index (χ3v) is 3.86. The van der Waals surface area contributed by atoms with E-state index in [0.29, 0.717) is 11.3 Å². The Hall–Kier alpha value is -3.01. The Kier molecular flexibility index (Phi) is 4.66. The van der Waals surface area contributed by atoms with E-state index in [-0.39, 0.29) is 24.5 Å². The molecule has 120 valence electrons. The standard InChI is InChI=1S/C20H18N2O2/c1-14-7-9-15(10-8-14)18(23)11-12-19(24)22-17-6-2-4-16-5-3-13-21-20(16)17/h2-10,13H,11-12H2,1H3,(H,22,24). The first-order valence-corrected chi connectivity index (χ1v) is 7.87. The van der Waals surface area contributed by atoms with E-state index in [1.165, 1.54) is 0 Å². The van der Waals surface area contributed by atoms with Gasteiger partial charge in [0.1, 0.15) is 0 Å². The number of nitrogens with one attached hydrogen (secondary N) is 1. The third kappa shape index (κ3) is 3.66. The fraction of sp³-hybridized carbons (Fsp3) is 0.150. The molecule has 0 bridgehead atoms. The van der Waals surface area contributed by atoms with Gasteiger partial charge in [0.25, 0.3) is 0 Å². The van der Waals surface area contributed by atoms with Gasteiger partial charge in [-0.2, -0.15) is 0 Å². The molecule has 1 aromatic heterocycles. The minimum atomic E-state index is -0.186. The summed E-state index contributed by atoms with van der Waals surface area (Å²) < 4.78 is 0. The van der Waals surface area contributed by atoms with Gasteiger partial charge in [0.15, 0.2) is 5.78 Å². The van der Waals surface area contributed by atoms with Crippen LogP contribution < -0.4 is 5.32 Å². The van der Waals surface area contributed by atoms with Gasteiger partial charge in [-0.05, 0) is 19.1 Å². The maximum atomic E-state index is 12.2. The van der Waals surface area contributed by atoms with Crippen LogP contribution in [-0.2, 0) is 4.79 Å². The van der Waals surface area contributed by atoms with Crippen molar-refractivity contribution >= 4 is 28.3 Å². The molecule has 24 heavy (non-hydrogen) atoms. The van der Waals surface area contributed by atoms with Gasteiger partial charge in [-0.1, -0.05) is 48.0 Å². The summed E-state index contributed by atoms with van der Waals surface area (Å²) in [4.78, 5) is 28.6. The molecule has 0 aliphatic rings. The van der Waals surface area contributed by atoms with E-state index in [9.17, 15) is 9.59 Å². The molecule has 4 heteroatoms. The molecule has 0 saturated carbocycles. The van der Waals surface area contributed by atoms with Crippen LogP contribution in [0.25, 0.3) is 10.9 Å². The Morgan fingerprint density at radius 1 is 0.958 bits per heavy atom. The molecular formula is C20H18N2O2. The van der Waals surface area contributed by atoms with E-state index < -0.39 is 0 Å². The monoisotopic (exact) mass is 318 g/mol. The highest BCUT2D eigenvalue weighted by Gasteiger charge is 2.11. The van der Waals surface area contributed by atoms with Crippen LogP contribution in [0.1, 0.15) is 28.8 Å². The number of para-hydroxylation sites is 1. The second-order valence-electron chi connectivity index (χ2n) is 5.72. The van der Waals surface area contributed by atoms with Gasteiger partial charge in [0.05, 0.1) is 11.2 Å². The number of anilines is 1. The van der Waals surface area contributed by atoms with Gasteiger partial charge in [0, 0.05) is 30.0 Å². The number of aryl methyl sites for hydroxylation is 1. The maximum absolute atomic E-state index is 12.2. The molecule has 3 aromatic rings. The lowest BCUT2D eigenvalue weighted by atomic mass is 10.0. The predicted octanol–water partition coefficient (Wildman–Crippen LogP) is 4.14. The maximum Gasteiger partial charge on any atom is 0.224 e. The van der Waals surface area contributed by atoms with Crippen LogP contribution >= 0.6 is 0 Å². The van der Waals surface area contributed by atoms with Crippen LogP contribution in [0.5, 0.6) is 0 Å². The van der Waals surface area contributed by atoms with E-state index >= 15 is 0 Å². The third-order valence-electron chi connectivity index (χ3n) is 3.86. The Bertz CT molecular complexity index is 880. The number of ketones is 1. The lowest BCUT2D eigenvalue weighted by Crippen LogP contribution is -2.14. The quantitative estimate of drug-likeness (QED) is 0.719. The normalized spacial score (nSPS) is 10.5. The zero-order chi connectivity index (χ0) is 16.9. The number of carbonyl (C=O) groups excluding carboxylic acids is 2. The summed E-state index contributed by atoms with van der Waals surface area (Å²) in [5, 5.41) is 3.81. The summed E-state index contributed by atoms with van der Waals surface area (Å²) in [5.74, 6) is -0.213. The van der Waals surface area contributed by atoms with Gasteiger partial charge in [-0.15, -0.1) is 0 Å². The first-order chi connectivity index (χ1) is 11.6. The molecule has 3 rings (SSSR count). The molecular weight excluding hydrogens is 300 g/mol. The van der Waals surface area contributed by atoms with Crippen LogP contribution in [0.15, 0.2) is 60.8 Å². The molecule has 2 aromatic carbocycles. The first-order valence-electron chi connectivity index (χ1n) is 7.87. The number of aromatic nitrogens is 1. The number of nitrogens with zero attached hydrogens (tertiary/aromatic N) is 1. The molecule has 1 heterocycles. The van der Waals surface area contributed by atoms with Crippen molar-refractivity contribution < 1.29 is 9.59 Å². The van der Waals surface area contributed by atoms with E-state index in [1.54, 1.807) is 18.3 Å². The van der Waals surface area contributed by atoms with Crippen molar-refractivity contribution in [2.24, 2.45) is 0 Å². The van der Waals surface area contributed by atoms with E-state index in [0.717, 1.165) is 16.5 Å². The number of hydrogen-bond acceptors (Lipinski definition) is 3. The molecule has 0 spiro atoms. The van der Waals surface area contributed by atoms with Crippen molar-refractivity contribution in [1.29, 1.82) is 0 Å². The van der Waals surface area contributed by atoms with E-state index in [2.05, 4.69) is 10.3 Å². The molecule has 0 atom stereocenters. The Labute approximate surface area is 140 Å². The molecule has 1 N–H and O–H groups in total. The predicted molar refractivity (Wildman–Crippen MR) is 95.1 cm³/mol. The Morgan fingerprint density at radius 3 is 2.50 bits per heavy atom. The second kappa shape index (κ2) is 7.04. The number of hydrogen-bond donors (Lipinski definition) is 1. The summed E-state index contributed by atoms with van der Waals surface area (Å²) in [6.07, 6.45) is 2.03. The van der Waals surface area contributed by atoms with Crippen molar-refractivity contribution in [1.82, 2.24) is 4.98 Å². The summed E-state index contributed by atoms with van der Waals surface area (Å²) in [6, 6.07) is 16.8. The molecule has 0 unspecified atom stereocenters. The van der Waals surface area contributed by atoms with Crippen molar-refractivity contribution in [3.8, 4) is 0 Å². The van der Waals surface area contributed by atoms with Crippen molar-refractivity contribution in [2.75, 3.05) is 5.32 Å². The number of carbonyl (C=O) groups is 2.